The van der Waals surface area contributed by atoms with Gasteiger partial charge in [0.2, 0.25) is 6.30 Å². The highest BCUT2D eigenvalue weighted by Crippen LogP contribution is 2.19. The first kappa shape index (κ1) is 16.4. The van der Waals surface area contributed by atoms with E-state index in [-0.39, 0.29) is 12.3 Å². The van der Waals surface area contributed by atoms with Crippen molar-refractivity contribution in [3.8, 4) is 5.75 Å². The van der Waals surface area contributed by atoms with Gasteiger partial charge in [0.15, 0.2) is 0 Å². The molecule has 2 aromatic rings. The topological polar surface area (TPSA) is 61.5 Å². The predicted octanol–water partition coefficient (Wildman–Crippen LogP) is 2.92. The van der Waals surface area contributed by atoms with Crippen molar-refractivity contribution >= 4 is 5.71 Å². The number of rotatable bonds is 9. The van der Waals surface area contributed by atoms with Gasteiger partial charge in [-0.25, -0.2) is 14.1 Å². The predicted molar refractivity (Wildman–Crippen MR) is 85.0 cm³/mol. The van der Waals surface area contributed by atoms with Crippen LogP contribution in [0.25, 0.3) is 0 Å². The van der Waals surface area contributed by atoms with E-state index in [1.165, 1.54) is 18.7 Å². The summed E-state index contributed by atoms with van der Waals surface area (Å²) in [7, 11) is 0. The second kappa shape index (κ2) is 8.47. The molecule has 0 bridgehead atoms. The summed E-state index contributed by atoms with van der Waals surface area (Å²) >= 11 is 0. The van der Waals surface area contributed by atoms with Crippen LogP contribution in [0.3, 0.4) is 0 Å². The molecule has 23 heavy (non-hydrogen) atoms. The zero-order valence-electron chi connectivity index (χ0n) is 12.5. The van der Waals surface area contributed by atoms with E-state index in [1.54, 1.807) is 30.3 Å². The molecule has 120 valence electrons. The highest BCUT2D eigenvalue weighted by atomic mass is 19.1. The highest BCUT2D eigenvalue weighted by Gasteiger charge is 2.20. The SMILES string of the molecule is C=CCON=C(c1ccc(OCC=C)cc1)C(F)n1cncn1. The molecular formula is C16H17FN4O2. The molecule has 0 saturated carbocycles. The first-order chi connectivity index (χ1) is 11.3. The van der Waals surface area contributed by atoms with Crippen molar-refractivity contribution in [2.24, 2.45) is 5.16 Å². The van der Waals surface area contributed by atoms with Crippen molar-refractivity contribution in [1.29, 1.82) is 0 Å². The Hall–Kier alpha value is -2.96. The molecule has 0 fully saturated rings. The van der Waals surface area contributed by atoms with Crippen molar-refractivity contribution < 1.29 is 14.0 Å². The molecule has 0 saturated heterocycles. The summed E-state index contributed by atoms with van der Waals surface area (Å²) in [4.78, 5) is 8.77. The van der Waals surface area contributed by atoms with Crippen LogP contribution in [0.5, 0.6) is 5.75 Å². The van der Waals surface area contributed by atoms with E-state index in [0.717, 1.165) is 4.68 Å². The molecule has 0 aliphatic carbocycles. The summed E-state index contributed by atoms with van der Waals surface area (Å²) in [5.74, 6) is 0.649. The molecule has 0 radical (unpaired) electrons. The average Bonchev–Trinajstić information content (AvgIpc) is 3.12. The third kappa shape index (κ3) is 4.50. The minimum atomic E-state index is -1.62. The summed E-state index contributed by atoms with van der Waals surface area (Å²) in [6, 6.07) is 6.82. The van der Waals surface area contributed by atoms with E-state index in [4.69, 9.17) is 9.57 Å². The van der Waals surface area contributed by atoms with Gasteiger partial charge in [0.05, 0.1) is 0 Å². The van der Waals surface area contributed by atoms with Crippen LogP contribution in [0.1, 0.15) is 11.9 Å². The van der Waals surface area contributed by atoms with Crippen LogP contribution in [0.15, 0.2) is 67.4 Å². The molecule has 0 aliphatic rings. The Balaban J connectivity index is 2.24. The number of ether oxygens (including phenoxy) is 1. The van der Waals surface area contributed by atoms with Crippen molar-refractivity contribution in [1.82, 2.24) is 14.8 Å². The number of alkyl halides is 1. The number of hydrogen-bond acceptors (Lipinski definition) is 5. The Labute approximate surface area is 133 Å². The van der Waals surface area contributed by atoms with E-state index in [2.05, 4.69) is 28.4 Å². The van der Waals surface area contributed by atoms with Crippen LogP contribution in [0.2, 0.25) is 0 Å². The third-order valence-corrected chi connectivity index (χ3v) is 2.77. The molecule has 1 unspecified atom stereocenters. The van der Waals surface area contributed by atoms with Gasteiger partial charge in [-0.2, -0.15) is 5.10 Å². The lowest BCUT2D eigenvalue weighted by molar-refractivity contribution is 0.168. The summed E-state index contributed by atoms with van der Waals surface area (Å²) in [6.45, 7) is 7.68. The van der Waals surface area contributed by atoms with Gasteiger partial charge in [-0.05, 0) is 24.3 Å². The third-order valence-electron chi connectivity index (χ3n) is 2.77. The summed E-state index contributed by atoms with van der Waals surface area (Å²) in [5, 5.41) is 7.64. The Morgan fingerprint density at radius 3 is 2.61 bits per heavy atom. The molecule has 1 atom stereocenters. The quantitative estimate of drug-likeness (QED) is 0.309. The molecule has 0 N–H and O–H groups in total. The average molecular weight is 316 g/mol. The fraction of sp³-hybridized carbons (Fsp3) is 0.188. The smallest absolute Gasteiger partial charge is 0.239 e. The molecule has 1 heterocycles. The van der Waals surface area contributed by atoms with E-state index in [0.29, 0.717) is 17.9 Å². The van der Waals surface area contributed by atoms with Crippen LogP contribution in [-0.2, 0) is 4.84 Å². The largest absolute Gasteiger partial charge is 0.490 e. The molecular weight excluding hydrogens is 299 g/mol. The summed E-state index contributed by atoms with van der Waals surface area (Å²) in [6.07, 6.45) is 4.07. The zero-order chi connectivity index (χ0) is 16.5. The van der Waals surface area contributed by atoms with Gasteiger partial charge in [-0.15, -0.1) is 0 Å². The number of benzene rings is 1. The van der Waals surface area contributed by atoms with Crippen LogP contribution in [0.4, 0.5) is 4.39 Å². The molecule has 0 amide bonds. The van der Waals surface area contributed by atoms with Crippen molar-refractivity contribution in [3.63, 3.8) is 0 Å². The number of halogens is 1. The number of nitrogens with zero attached hydrogens (tertiary/aromatic N) is 4. The van der Waals surface area contributed by atoms with Crippen molar-refractivity contribution in [3.05, 3.63) is 67.8 Å². The van der Waals surface area contributed by atoms with Crippen molar-refractivity contribution in [2.75, 3.05) is 13.2 Å². The fourth-order valence-electron chi connectivity index (χ4n) is 1.73. The van der Waals surface area contributed by atoms with Gasteiger partial charge in [-0.1, -0.05) is 30.5 Å². The second-order valence-electron chi connectivity index (χ2n) is 4.40. The molecule has 0 aliphatic heterocycles. The lowest BCUT2D eigenvalue weighted by Gasteiger charge is -2.12. The Kier molecular flexibility index (Phi) is 6.05. The minimum absolute atomic E-state index is 0.0765. The number of hydrogen-bond donors (Lipinski definition) is 0. The van der Waals surface area contributed by atoms with Gasteiger partial charge in [-0.3, -0.25) is 0 Å². The first-order valence-electron chi connectivity index (χ1n) is 6.89. The highest BCUT2D eigenvalue weighted by molar-refractivity contribution is 6.02. The summed E-state index contributed by atoms with van der Waals surface area (Å²) < 4.78 is 21.1. The van der Waals surface area contributed by atoms with Gasteiger partial charge in [0.25, 0.3) is 0 Å². The normalized spacial score (nSPS) is 12.5. The fourth-order valence-corrected chi connectivity index (χ4v) is 1.73. The summed E-state index contributed by atoms with van der Waals surface area (Å²) in [5.41, 5.74) is 0.621. The van der Waals surface area contributed by atoms with E-state index in [1.807, 2.05) is 0 Å². The van der Waals surface area contributed by atoms with Crippen LogP contribution >= 0.6 is 0 Å². The minimum Gasteiger partial charge on any atom is -0.490 e. The van der Waals surface area contributed by atoms with Crippen LogP contribution in [0, 0.1) is 0 Å². The lowest BCUT2D eigenvalue weighted by atomic mass is 10.1. The Morgan fingerprint density at radius 1 is 1.26 bits per heavy atom. The first-order valence-corrected chi connectivity index (χ1v) is 6.89. The van der Waals surface area contributed by atoms with Crippen LogP contribution in [-0.4, -0.2) is 33.7 Å². The molecule has 7 heteroatoms. The Morgan fingerprint density at radius 2 is 2.00 bits per heavy atom. The van der Waals surface area contributed by atoms with E-state index < -0.39 is 6.30 Å². The monoisotopic (exact) mass is 316 g/mol. The molecule has 1 aromatic heterocycles. The zero-order valence-corrected chi connectivity index (χ0v) is 12.5. The van der Waals surface area contributed by atoms with Crippen LogP contribution < -0.4 is 4.74 Å². The molecule has 1 aromatic carbocycles. The molecule has 0 spiro atoms. The van der Waals surface area contributed by atoms with Crippen molar-refractivity contribution in [2.45, 2.75) is 6.30 Å². The van der Waals surface area contributed by atoms with Gasteiger partial charge >= 0.3 is 0 Å². The maximum Gasteiger partial charge on any atom is 0.239 e. The van der Waals surface area contributed by atoms with Gasteiger partial charge in [0, 0.05) is 5.56 Å². The van der Waals surface area contributed by atoms with Gasteiger partial charge in [0.1, 0.15) is 37.3 Å². The lowest BCUT2D eigenvalue weighted by Crippen LogP contribution is -2.17. The molecule has 6 nitrogen and oxygen atoms in total. The van der Waals surface area contributed by atoms with Gasteiger partial charge < -0.3 is 9.57 Å². The van der Waals surface area contributed by atoms with E-state index in [9.17, 15) is 4.39 Å². The molecule has 2 rings (SSSR count). The maximum atomic E-state index is 14.6. The maximum absolute atomic E-state index is 14.6. The van der Waals surface area contributed by atoms with E-state index >= 15 is 0 Å². The second-order valence-corrected chi connectivity index (χ2v) is 4.40. The number of oxime groups is 1. The Bertz CT molecular complexity index is 653. The number of aromatic nitrogens is 3. The standard InChI is InChI=1S/C16H17FN4O2/c1-3-9-22-14-7-5-13(6-8-14)15(20-23-10-4-2)16(17)21-12-18-11-19-21/h3-8,11-12,16H,1-2,9-10H2.